The van der Waals surface area contributed by atoms with Gasteiger partial charge in [-0.2, -0.15) is 0 Å². The van der Waals surface area contributed by atoms with Gasteiger partial charge in [-0.25, -0.2) is 0 Å². The van der Waals surface area contributed by atoms with Crippen LogP contribution in [0.25, 0.3) is 0 Å². The van der Waals surface area contributed by atoms with Gasteiger partial charge in [-0.05, 0) is 52.7 Å². The fourth-order valence-corrected chi connectivity index (χ4v) is 3.53. The average molecular weight is 530 g/mol. The zero-order valence-electron chi connectivity index (χ0n) is 16.1. The molecule has 29 heavy (non-hydrogen) atoms. The Balaban J connectivity index is 0.00000420. The lowest BCUT2D eigenvalue weighted by molar-refractivity contribution is 0.0938. The number of ether oxygens (including phenoxy) is 3. The maximum atomic E-state index is 8.69. The SMILES string of the molecule is CCOc1cc(CNCCOCCO)cc(Br)c1OCc1ccc(Cl)cc1Cl.Cl. The molecule has 2 rings (SSSR count). The fraction of sp³-hybridized carbons (Fsp3) is 0.400. The molecular formula is C20H25BrCl3NO4. The summed E-state index contributed by atoms with van der Waals surface area (Å²) in [5.41, 5.74) is 1.89. The number of nitrogens with one attached hydrogen (secondary N) is 1. The van der Waals surface area contributed by atoms with Gasteiger partial charge in [0.25, 0.3) is 0 Å². The van der Waals surface area contributed by atoms with E-state index in [9.17, 15) is 0 Å². The van der Waals surface area contributed by atoms with Crippen molar-refractivity contribution in [2.24, 2.45) is 0 Å². The molecule has 0 aliphatic carbocycles. The van der Waals surface area contributed by atoms with Crippen molar-refractivity contribution < 1.29 is 19.3 Å². The Morgan fingerprint density at radius 2 is 1.90 bits per heavy atom. The van der Waals surface area contributed by atoms with Crippen LogP contribution in [-0.4, -0.2) is 38.1 Å². The van der Waals surface area contributed by atoms with Crippen LogP contribution in [0, 0.1) is 0 Å². The summed E-state index contributed by atoms with van der Waals surface area (Å²) in [6.45, 7) is 5.03. The first-order chi connectivity index (χ1) is 13.5. The third-order valence-corrected chi connectivity index (χ3v) is 4.92. The van der Waals surface area contributed by atoms with E-state index in [0.717, 1.165) is 15.6 Å². The lowest BCUT2D eigenvalue weighted by atomic mass is 10.2. The van der Waals surface area contributed by atoms with E-state index in [1.165, 1.54) is 0 Å². The third-order valence-electron chi connectivity index (χ3n) is 3.74. The summed E-state index contributed by atoms with van der Waals surface area (Å²) in [7, 11) is 0. The van der Waals surface area contributed by atoms with Gasteiger partial charge in [0.1, 0.15) is 6.61 Å². The highest BCUT2D eigenvalue weighted by Crippen LogP contribution is 2.38. The summed E-state index contributed by atoms with van der Waals surface area (Å²) >= 11 is 15.7. The second-order valence-corrected chi connectivity index (χ2v) is 7.57. The van der Waals surface area contributed by atoms with Crippen molar-refractivity contribution in [3.05, 3.63) is 56.0 Å². The maximum Gasteiger partial charge on any atom is 0.175 e. The molecule has 0 spiro atoms. The number of rotatable bonds is 12. The molecule has 0 radical (unpaired) electrons. The van der Waals surface area contributed by atoms with Gasteiger partial charge in [-0.3, -0.25) is 0 Å². The van der Waals surface area contributed by atoms with Gasteiger partial charge in [-0.1, -0.05) is 29.3 Å². The van der Waals surface area contributed by atoms with Crippen LogP contribution in [0.1, 0.15) is 18.1 Å². The molecule has 162 valence electrons. The molecule has 0 fully saturated rings. The van der Waals surface area contributed by atoms with E-state index in [4.69, 9.17) is 42.5 Å². The number of aliphatic hydroxyl groups is 1. The number of halogens is 4. The normalized spacial score (nSPS) is 10.5. The lowest BCUT2D eigenvalue weighted by Gasteiger charge is -2.16. The van der Waals surface area contributed by atoms with Crippen molar-refractivity contribution in [1.29, 1.82) is 0 Å². The van der Waals surface area contributed by atoms with Crippen LogP contribution in [0.4, 0.5) is 0 Å². The predicted molar refractivity (Wildman–Crippen MR) is 123 cm³/mol. The molecule has 9 heteroatoms. The summed E-state index contributed by atoms with van der Waals surface area (Å²) in [6.07, 6.45) is 0. The Morgan fingerprint density at radius 1 is 1.10 bits per heavy atom. The van der Waals surface area contributed by atoms with Crippen molar-refractivity contribution in [2.75, 3.05) is 33.0 Å². The van der Waals surface area contributed by atoms with Gasteiger partial charge < -0.3 is 24.6 Å². The minimum absolute atomic E-state index is 0. The molecule has 0 atom stereocenters. The van der Waals surface area contributed by atoms with Crippen molar-refractivity contribution in [1.82, 2.24) is 5.32 Å². The Morgan fingerprint density at radius 3 is 2.59 bits per heavy atom. The molecule has 2 aromatic rings. The largest absolute Gasteiger partial charge is 0.490 e. The third kappa shape index (κ3) is 8.89. The van der Waals surface area contributed by atoms with Gasteiger partial charge in [0, 0.05) is 28.7 Å². The Bertz CT molecular complexity index is 765. The van der Waals surface area contributed by atoms with Crippen molar-refractivity contribution >= 4 is 51.5 Å². The second kappa shape index (κ2) is 14.3. The van der Waals surface area contributed by atoms with E-state index in [2.05, 4.69) is 21.2 Å². The fourth-order valence-electron chi connectivity index (χ4n) is 2.46. The van der Waals surface area contributed by atoms with Gasteiger partial charge in [-0.15, -0.1) is 12.4 Å². The van der Waals surface area contributed by atoms with E-state index in [-0.39, 0.29) is 19.0 Å². The van der Waals surface area contributed by atoms with E-state index in [1.807, 2.05) is 25.1 Å². The van der Waals surface area contributed by atoms with Crippen LogP contribution in [0.2, 0.25) is 10.0 Å². The number of aliphatic hydroxyl groups excluding tert-OH is 1. The highest BCUT2D eigenvalue weighted by atomic mass is 79.9. The zero-order chi connectivity index (χ0) is 20.4. The van der Waals surface area contributed by atoms with Crippen LogP contribution >= 0.6 is 51.5 Å². The summed E-state index contributed by atoms with van der Waals surface area (Å²) in [6, 6.07) is 9.26. The number of benzene rings is 2. The number of hydrogen-bond donors (Lipinski definition) is 2. The van der Waals surface area contributed by atoms with E-state index >= 15 is 0 Å². The zero-order valence-corrected chi connectivity index (χ0v) is 20.0. The first kappa shape index (κ1) is 26.3. The molecule has 0 saturated heterocycles. The van der Waals surface area contributed by atoms with E-state index in [1.54, 1.807) is 12.1 Å². The van der Waals surface area contributed by atoms with Gasteiger partial charge >= 0.3 is 0 Å². The van der Waals surface area contributed by atoms with Crippen LogP contribution < -0.4 is 14.8 Å². The molecule has 0 saturated carbocycles. The smallest absolute Gasteiger partial charge is 0.175 e. The Labute approximate surface area is 196 Å². The molecule has 0 bridgehead atoms. The first-order valence-corrected chi connectivity index (χ1v) is 10.5. The molecule has 5 nitrogen and oxygen atoms in total. The van der Waals surface area contributed by atoms with Gasteiger partial charge in [0.2, 0.25) is 0 Å². The molecule has 0 heterocycles. The maximum absolute atomic E-state index is 8.69. The van der Waals surface area contributed by atoms with E-state index < -0.39 is 0 Å². The van der Waals surface area contributed by atoms with Crippen LogP contribution in [0.3, 0.4) is 0 Å². The summed E-state index contributed by atoms with van der Waals surface area (Å²) < 4.78 is 17.8. The number of hydrogen-bond acceptors (Lipinski definition) is 5. The van der Waals surface area contributed by atoms with Crippen LogP contribution in [0.15, 0.2) is 34.8 Å². The van der Waals surface area contributed by atoms with Crippen LogP contribution in [-0.2, 0) is 17.9 Å². The van der Waals surface area contributed by atoms with Crippen molar-refractivity contribution in [3.63, 3.8) is 0 Å². The highest BCUT2D eigenvalue weighted by Gasteiger charge is 2.13. The summed E-state index contributed by atoms with van der Waals surface area (Å²) in [5, 5.41) is 13.1. The predicted octanol–water partition coefficient (Wildman–Crippen LogP) is 5.25. The topological polar surface area (TPSA) is 60.0 Å². The standard InChI is InChI=1S/C20H24BrCl2NO4.ClH/c1-2-27-19-10-14(12-24-5-7-26-8-6-25)9-17(21)20(19)28-13-15-3-4-16(22)11-18(15)23;/h3-4,9-11,24-25H,2,5-8,12-13H2,1H3;1H. The Hall–Kier alpha value is -0.730. The highest BCUT2D eigenvalue weighted by molar-refractivity contribution is 9.10. The summed E-state index contributed by atoms with van der Waals surface area (Å²) in [5.74, 6) is 1.29. The molecule has 2 N–H and O–H groups in total. The minimum atomic E-state index is 0. The van der Waals surface area contributed by atoms with Crippen LogP contribution in [0.5, 0.6) is 11.5 Å². The molecule has 0 aliphatic rings. The van der Waals surface area contributed by atoms with Crippen molar-refractivity contribution in [2.45, 2.75) is 20.1 Å². The van der Waals surface area contributed by atoms with Gasteiger partial charge in [0.05, 0.1) is 30.9 Å². The van der Waals surface area contributed by atoms with Gasteiger partial charge in [0.15, 0.2) is 11.5 Å². The Kier molecular flexibility index (Phi) is 13.0. The molecule has 0 aromatic heterocycles. The molecule has 2 aromatic carbocycles. The first-order valence-electron chi connectivity index (χ1n) is 8.96. The monoisotopic (exact) mass is 527 g/mol. The lowest BCUT2D eigenvalue weighted by Crippen LogP contribution is -2.20. The minimum Gasteiger partial charge on any atom is -0.490 e. The second-order valence-electron chi connectivity index (χ2n) is 5.88. The van der Waals surface area contributed by atoms with Crippen molar-refractivity contribution in [3.8, 4) is 11.5 Å². The molecule has 0 amide bonds. The quantitative estimate of drug-likeness (QED) is 0.368. The average Bonchev–Trinajstić information content (AvgIpc) is 2.65. The molecule has 0 aliphatic heterocycles. The molecule has 0 unspecified atom stereocenters. The summed E-state index contributed by atoms with van der Waals surface area (Å²) in [4.78, 5) is 0. The van der Waals surface area contributed by atoms with E-state index in [0.29, 0.717) is 61.1 Å². The molecular weight excluding hydrogens is 504 g/mol.